The van der Waals surface area contributed by atoms with Crippen molar-refractivity contribution in [2.24, 2.45) is 4.99 Å². The molecule has 0 saturated carbocycles. The molecule has 3 heterocycles. The number of rotatable bonds is 1. The molecule has 0 amide bonds. The van der Waals surface area contributed by atoms with E-state index >= 15 is 0 Å². The molecule has 0 spiro atoms. The van der Waals surface area contributed by atoms with Crippen LogP contribution in [-0.4, -0.2) is 46.9 Å². The molecular formula is C12H21N3S3. The van der Waals surface area contributed by atoms with Gasteiger partial charge in [-0.2, -0.15) is 11.8 Å². The number of thiazole rings is 1. The minimum Gasteiger partial charge on any atom is -0.315 e. The number of hydrogen-bond acceptors (Lipinski definition) is 6. The zero-order valence-electron chi connectivity index (χ0n) is 10.8. The average molecular weight is 304 g/mol. The van der Waals surface area contributed by atoms with Crippen LogP contribution in [0.4, 0.5) is 0 Å². The van der Waals surface area contributed by atoms with Crippen LogP contribution in [0.5, 0.6) is 0 Å². The van der Waals surface area contributed by atoms with Crippen LogP contribution in [0.15, 0.2) is 22.1 Å². The highest BCUT2D eigenvalue weighted by Gasteiger charge is 2.01. The number of nitrogens with one attached hydrogen (secondary N) is 1. The second kappa shape index (κ2) is 12.0. The van der Waals surface area contributed by atoms with E-state index in [2.05, 4.69) is 22.2 Å². The summed E-state index contributed by atoms with van der Waals surface area (Å²) >= 11 is 5.53. The van der Waals surface area contributed by atoms with Gasteiger partial charge in [0.15, 0.2) is 0 Å². The minimum atomic E-state index is 1.05. The highest BCUT2D eigenvalue weighted by molar-refractivity contribution is 8.14. The molecule has 3 rings (SSSR count). The van der Waals surface area contributed by atoms with E-state index in [1.54, 1.807) is 23.0 Å². The van der Waals surface area contributed by atoms with E-state index in [1.165, 1.54) is 35.4 Å². The van der Waals surface area contributed by atoms with Gasteiger partial charge in [0.25, 0.3) is 0 Å². The highest BCUT2D eigenvalue weighted by atomic mass is 32.2. The first-order valence-electron chi connectivity index (χ1n) is 6.20. The van der Waals surface area contributed by atoms with E-state index in [-0.39, 0.29) is 0 Å². The van der Waals surface area contributed by atoms with E-state index in [9.17, 15) is 0 Å². The molecule has 0 aliphatic carbocycles. The first-order chi connectivity index (χ1) is 8.93. The molecular weight excluding hydrogens is 282 g/mol. The summed E-state index contributed by atoms with van der Waals surface area (Å²) in [5.41, 5.74) is 1.79. The molecule has 18 heavy (non-hydrogen) atoms. The largest absolute Gasteiger partial charge is 0.315 e. The fraction of sp³-hybridized carbons (Fsp3) is 0.667. The summed E-state index contributed by atoms with van der Waals surface area (Å²) in [6, 6.07) is 0. The van der Waals surface area contributed by atoms with Crippen LogP contribution < -0.4 is 5.32 Å². The Morgan fingerprint density at radius 1 is 1.28 bits per heavy atom. The first kappa shape index (κ1) is 16.0. The maximum Gasteiger partial charge on any atom is 0.0791 e. The Labute approximate surface area is 122 Å². The van der Waals surface area contributed by atoms with Crippen molar-refractivity contribution in [3.8, 4) is 0 Å². The van der Waals surface area contributed by atoms with Gasteiger partial charge >= 0.3 is 0 Å². The maximum absolute atomic E-state index is 4.23. The lowest BCUT2D eigenvalue weighted by molar-refractivity contribution is 0.756. The van der Waals surface area contributed by atoms with Crippen LogP contribution in [0.3, 0.4) is 0 Å². The van der Waals surface area contributed by atoms with Gasteiger partial charge in [0.05, 0.1) is 10.6 Å². The lowest BCUT2D eigenvalue weighted by Gasteiger charge is -2.08. The Kier molecular flexibility index (Phi) is 10.7. The lowest BCUT2D eigenvalue weighted by Crippen LogP contribution is -2.24. The molecule has 0 aromatic carbocycles. The smallest absolute Gasteiger partial charge is 0.0791 e. The third-order valence-corrected chi connectivity index (χ3v) is 4.79. The second-order valence-electron chi connectivity index (χ2n) is 3.52. The van der Waals surface area contributed by atoms with Crippen LogP contribution in [-0.2, 0) is 0 Å². The molecule has 1 aromatic rings. The van der Waals surface area contributed by atoms with Crippen molar-refractivity contribution in [1.82, 2.24) is 10.3 Å². The molecule has 102 valence electrons. The maximum atomic E-state index is 4.23. The van der Waals surface area contributed by atoms with E-state index < -0.39 is 0 Å². The standard InChI is InChI=1S/C5H9NS.C4H9NS.C3H3NS/c1-2-5-6-3-4-7-5;1-3-6-4-2-5-1;1-2-5-3-4-1/h2-4H2,1H3;5H,1-4H2;1-3H. The lowest BCUT2D eigenvalue weighted by atomic mass is 10.5. The molecule has 2 aliphatic rings. The van der Waals surface area contributed by atoms with Gasteiger partial charge in [-0.3, -0.25) is 9.98 Å². The molecule has 1 aromatic heterocycles. The predicted molar refractivity (Wildman–Crippen MR) is 87.4 cm³/mol. The molecule has 1 N–H and O–H groups in total. The summed E-state index contributed by atoms with van der Waals surface area (Å²) in [6.45, 7) is 5.63. The Bertz CT molecular complexity index is 269. The topological polar surface area (TPSA) is 37.3 Å². The quantitative estimate of drug-likeness (QED) is 0.865. The van der Waals surface area contributed by atoms with Gasteiger partial charge in [0, 0.05) is 48.5 Å². The summed E-state index contributed by atoms with van der Waals surface area (Å²) in [6.07, 6.45) is 2.90. The van der Waals surface area contributed by atoms with Crippen molar-refractivity contribution in [2.45, 2.75) is 13.3 Å². The molecule has 2 aliphatic heterocycles. The van der Waals surface area contributed by atoms with Crippen molar-refractivity contribution in [2.75, 3.05) is 36.9 Å². The van der Waals surface area contributed by atoms with Crippen LogP contribution >= 0.6 is 34.9 Å². The van der Waals surface area contributed by atoms with Gasteiger partial charge in [-0.25, -0.2) is 0 Å². The van der Waals surface area contributed by atoms with Crippen LogP contribution in [0.2, 0.25) is 0 Å². The summed E-state index contributed by atoms with van der Waals surface area (Å²) in [7, 11) is 0. The SMILES string of the molecule is C1CSCCN1.CCC1=NCCS1.c1cscn1. The van der Waals surface area contributed by atoms with Gasteiger partial charge in [-0.05, 0) is 6.42 Å². The summed E-state index contributed by atoms with van der Waals surface area (Å²) in [5, 5.41) is 6.53. The highest BCUT2D eigenvalue weighted by Crippen LogP contribution is 2.12. The zero-order chi connectivity index (χ0) is 12.9. The molecule has 0 radical (unpaired) electrons. The number of aliphatic imine (C=N–C) groups is 1. The molecule has 1 saturated heterocycles. The number of hydrogen-bond donors (Lipinski definition) is 1. The van der Waals surface area contributed by atoms with Crippen molar-refractivity contribution < 1.29 is 0 Å². The van der Waals surface area contributed by atoms with E-state index in [0.29, 0.717) is 0 Å². The second-order valence-corrected chi connectivity index (χ2v) is 6.66. The normalized spacial score (nSPS) is 17.9. The molecule has 1 fully saturated rings. The average Bonchev–Trinajstić information content (AvgIpc) is 3.17. The van der Waals surface area contributed by atoms with Crippen molar-refractivity contribution in [1.29, 1.82) is 0 Å². The Hall–Kier alpha value is -0.0400. The molecule has 3 nitrogen and oxygen atoms in total. The monoisotopic (exact) mass is 303 g/mol. The molecule has 6 heteroatoms. The molecule has 0 unspecified atom stereocenters. The predicted octanol–water partition coefficient (Wildman–Crippen LogP) is 3.01. The Morgan fingerprint density at radius 3 is 2.33 bits per heavy atom. The van der Waals surface area contributed by atoms with E-state index in [4.69, 9.17) is 0 Å². The Balaban J connectivity index is 0.000000137. The fourth-order valence-electron chi connectivity index (χ4n) is 1.28. The number of nitrogens with zero attached hydrogens (tertiary/aromatic N) is 2. The van der Waals surface area contributed by atoms with Crippen LogP contribution in [0.1, 0.15) is 13.3 Å². The van der Waals surface area contributed by atoms with Crippen LogP contribution in [0.25, 0.3) is 0 Å². The third-order valence-electron chi connectivity index (χ3n) is 2.14. The van der Waals surface area contributed by atoms with E-state index in [1.807, 2.05) is 28.9 Å². The Morgan fingerprint density at radius 2 is 2.11 bits per heavy atom. The van der Waals surface area contributed by atoms with Crippen molar-refractivity contribution >= 4 is 39.9 Å². The number of thioether (sulfide) groups is 2. The van der Waals surface area contributed by atoms with E-state index in [0.717, 1.165) is 13.0 Å². The van der Waals surface area contributed by atoms with Crippen molar-refractivity contribution in [3.63, 3.8) is 0 Å². The zero-order valence-corrected chi connectivity index (χ0v) is 13.3. The molecule has 0 atom stereocenters. The summed E-state index contributed by atoms with van der Waals surface area (Å²) < 4.78 is 0. The van der Waals surface area contributed by atoms with Gasteiger partial charge < -0.3 is 5.32 Å². The van der Waals surface area contributed by atoms with Gasteiger partial charge in [0.1, 0.15) is 0 Å². The van der Waals surface area contributed by atoms with Crippen molar-refractivity contribution in [3.05, 3.63) is 17.1 Å². The number of aromatic nitrogens is 1. The van der Waals surface area contributed by atoms with Gasteiger partial charge in [-0.15, -0.1) is 23.1 Å². The fourth-order valence-corrected chi connectivity index (χ4v) is 3.22. The molecule has 0 bridgehead atoms. The minimum absolute atomic E-state index is 1.05. The summed E-state index contributed by atoms with van der Waals surface area (Å²) in [5.74, 6) is 3.82. The van der Waals surface area contributed by atoms with Gasteiger partial charge in [0.2, 0.25) is 0 Å². The third kappa shape index (κ3) is 8.97. The van der Waals surface area contributed by atoms with Crippen LogP contribution in [0, 0.1) is 0 Å². The first-order valence-corrected chi connectivity index (χ1v) is 9.28. The van der Waals surface area contributed by atoms with Gasteiger partial charge in [-0.1, -0.05) is 6.92 Å². The summed E-state index contributed by atoms with van der Waals surface area (Å²) in [4.78, 5) is 7.97.